The molecule has 134 valence electrons. The number of halogens is 2. The van der Waals surface area contributed by atoms with Gasteiger partial charge in [0.25, 0.3) is 5.91 Å². The van der Waals surface area contributed by atoms with Gasteiger partial charge in [0, 0.05) is 43.4 Å². The molecule has 1 fully saturated rings. The predicted octanol–water partition coefficient (Wildman–Crippen LogP) is 2.53. The average Bonchev–Trinajstić information content (AvgIpc) is 2.90. The average molecular weight is 348 g/mol. The minimum Gasteiger partial charge on any atom is -0.352 e. The molecule has 2 N–H and O–H groups in total. The molecule has 7 heteroatoms. The zero-order valence-corrected chi connectivity index (χ0v) is 14.6. The van der Waals surface area contributed by atoms with Crippen LogP contribution >= 0.6 is 0 Å². The van der Waals surface area contributed by atoms with Crippen molar-refractivity contribution in [3.8, 4) is 11.3 Å². The highest BCUT2D eigenvalue weighted by Crippen LogP contribution is 2.28. The fourth-order valence-electron chi connectivity index (χ4n) is 2.59. The highest BCUT2D eigenvalue weighted by molar-refractivity contribution is 5.99. The highest BCUT2D eigenvalue weighted by Gasteiger charge is 2.25. The van der Waals surface area contributed by atoms with Gasteiger partial charge >= 0.3 is 0 Å². The van der Waals surface area contributed by atoms with Gasteiger partial charge in [-0.15, -0.1) is 0 Å². The van der Waals surface area contributed by atoms with Gasteiger partial charge in [0.1, 0.15) is 17.3 Å². The van der Waals surface area contributed by atoms with Crippen LogP contribution in [0.2, 0.25) is 0 Å². The van der Waals surface area contributed by atoms with Gasteiger partial charge in [0.15, 0.2) is 0 Å². The molecule has 0 atom stereocenters. The molecule has 2 aromatic rings. The fourth-order valence-corrected chi connectivity index (χ4v) is 2.59. The molecule has 1 aromatic heterocycles. The van der Waals surface area contributed by atoms with Crippen molar-refractivity contribution in [2.24, 2.45) is 5.92 Å². The van der Waals surface area contributed by atoms with Gasteiger partial charge in [-0.2, -0.15) is 5.10 Å². The third kappa shape index (κ3) is 3.71. The number of carbonyl (C=O) groups is 1. The van der Waals surface area contributed by atoms with E-state index in [1.165, 1.54) is 6.07 Å². The van der Waals surface area contributed by atoms with Crippen molar-refractivity contribution in [2.75, 3.05) is 19.6 Å². The smallest absolute Gasteiger partial charge is 0.255 e. The normalized spacial score (nSPS) is 15.1. The first kappa shape index (κ1) is 17.5. The molecule has 0 unspecified atom stereocenters. The van der Waals surface area contributed by atoms with Crippen LogP contribution in [-0.2, 0) is 5.54 Å². The van der Waals surface area contributed by atoms with Crippen molar-refractivity contribution in [1.29, 1.82) is 0 Å². The number of nitrogens with one attached hydrogen (secondary N) is 2. The van der Waals surface area contributed by atoms with Crippen molar-refractivity contribution >= 4 is 5.91 Å². The summed E-state index contributed by atoms with van der Waals surface area (Å²) < 4.78 is 29.1. The zero-order valence-electron chi connectivity index (χ0n) is 14.6. The molecule has 0 aliphatic carbocycles. The minimum absolute atomic E-state index is 0.111. The van der Waals surface area contributed by atoms with Crippen LogP contribution in [0.3, 0.4) is 0 Å². The van der Waals surface area contributed by atoms with E-state index in [4.69, 9.17) is 0 Å². The van der Waals surface area contributed by atoms with Gasteiger partial charge in [-0.1, -0.05) is 0 Å². The van der Waals surface area contributed by atoms with E-state index in [0.717, 1.165) is 25.2 Å². The molecule has 1 aliphatic rings. The van der Waals surface area contributed by atoms with Crippen LogP contribution in [0.5, 0.6) is 0 Å². The second kappa shape index (κ2) is 6.55. The number of rotatable bonds is 4. The molecule has 1 saturated heterocycles. The Bertz CT molecular complexity index is 791. The molecule has 1 amide bonds. The molecule has 0 radical (unpaired) electrons. The first-order chi connectivity index (χ1) is 11.8. The molecular formula is C18H22F2N4O. The predicted molar refractivity (Wildman–Crippen MR) is 91.3 cm³/mol. The summed E-state index contributed by atoms with van der Waals surface area (Å²) in [4.78, 5) is 12.6. The summed E-state index contributed by atoms with van der Waals surface area (Å²) in [5, 5.41) is 10.4. The summed E-state index contributed by atoms with van der Waals surface area (Å²) in [5.74, 6) is -1.30. The summed E-state index contributed by atoms with van der Waals surface area (Å²) in [6, 6.07) is 3.27. The molecule has 5 nitrogen and oxygen atoms in total. The summed E-state index contributed by atoms with van der Waals surface area (Å²) in [7, 11) is 0. The fraction of sp³-hybridized carbons (Fsp3) is 0.444. The lowest BCUT2D eigenvalue weighted by Crippen LogP contribution is -2.48. The van der Waals surface area contributed by atoms with Crippen LogP contribution in [0.25, 0.3) is 11.3 Å². The van der Waals surface area contributed by atoms with Gasteiger partial charge in [-0.25, -0.2) is 8.78 Å². The van der Waals surface area contributed by atoms with Crippen molar-refractivity contribution in [2.45, 2.75) is 26.3 Å². The summed E-state index contributed by atoms with van der Waals surface area (Å²) in [6.45, 7) is 8.12. The summed E-state index contributed by atoms with van der Waals surface area (Å²) in [6.07, 6.45) is 1.62. The number of hydrogen-bond acceptors (Lipinski definition) is 3. The Balaban J connectivity index is 1.97. The monoisotopic (exact) mass is 348 g/mol. The van der Waals surface area contributed by atoms with Crippen molar-refractivity contribution in [1.82, 2.24) is 20.4 Å². The van der Waals surface area contributed by atoms with Crippen LogP contribution in [-0.4, -0.2) is 35.3 Å². The molecule has 0 bridgehead atoms. The number of hydrogen-bond donors (Lipinski definition) is 2. The largest absolute Gasteiger partial charge is 0.352 e. The summed E-state index contributed by atoms with van der Waals surface area (Å²) in [5.41, 5.74) is 0.242. The molecular weight excluding hydrogens is 326 g/mol. The third-order valence-corrected chi connectivity index (χ3v) is 4.25. The van der Waals surface area contributed by atoms with E-state index in [2.05, 4.69) is 15.7 Å². The topological polar surface area (TPSA) is 59.0 Å². The Morgan fingerprint density at radius 1 is 1.36 bits per heavy atom. The first-order valence-electron chi connectivity index (χ1n) is 8.30. The first-order valence-corrected chi connectivity index (χ1v) is 8.30. The second-order valence-corrected chi connectivity index (χ2v) is 7.37. The minimum atomic E-state index is -0.739. The highest BCUT2D eigenvalue weighted by atomic mass is 19.1. The van der Waals surface area contributed by atoms with E-state index < -0.39 is 11.6 Å². The number of nitrogens with zero attached hydrogens (tertiary/aromatic N) is 2. The third-order valence-electron chi connectivity index (χ3n) is 4.25. The van der Waals surface area contributed by atoms with Crippen LogP contribution in [0.4, 0.5) is 8.78 Å². The van der Waals surface area contributed by atoms with Crippen molar-refractivity contribution in [3.63, 3.8) is 0 Å². The number of aromatic nitrogens is 2. The number of benzene rings is 1. The quantitative estimate of drug-likeness (QED) is 0.893. The van der Waals surface area contributed by atoms with Crippen molar-refractivity contribution < 1.29 is 13.6 Å². The number of carbonyl (C=O) groups excluding carboxylic acids is 1. The van der Waals surface area contributed by atoms with E-state index in [1.54, 1.807) is 10.9 Å². The van der Waals surface area contributed by atoms with E-state index in [0.29, 0.717) is 12.5 Å². The van der Waals surface area contributed by atoms with Gasteiger partial charge in [-0.05, 0) is 32.9 Å². The van der Waals surface area contributed by atoms with Crippen molar-refractivity contribution in [3.05, 3.63) is 41.6 Å². The molecule has 0 saturated carbocycles. The maximum Gasteiger partial charge on any atom is 0.255 e. The van der Waals surface area contributed by atoms with E-state index >= 15 is 0 Å². The molecule has 2 heterocycles. The lowest BCUT2D eigenvalue weighted by Gasteiger charge is -2.27. The Morgan fingerprint density at radius 2 is 2.08 bits per heavy atom. The molecule has 0 spiro atoms. The van der Waals surface area contributed by atoms with Gasteiger partial charge in [0.2, 0.25) is 0 Å². The Morgan fingerprint density at radius 3 is 2.64 bits per heavy atom. The molecule has 25 heavy (non-hydrogen) atoms. The van der Waals surface area contributed by atoms with E-state index in [9.17, 15) is 13.6 Å². The lowest BCUT2D eigenvalue weighted by atomic mass is 10.0. The molecule has 3 rings (SSSR count). The standard InChI is InChI=1S/C18H22F2N4O/c1-18(2,3)24-10-14(17(25)22-9-11-7-21-8-11)16(23-24)13-5-4-12(19)6-15(13)20/h4-6,10-11,21H,7-9H2,1-3H3,(H,22,25). The van der Waals surface area contributed by atoms with Gasteiger partial charge in [-0.3, -0.25) is 9.48 Å². The summed E-state index contributed by atoms with van der Waals surface area (Å²) >= 11 is 0. The molecule has 1 aliphatic heterocycles. The van der Waals surface area contributed by atoms with E-state index in [1.807, 2.05) is 20.8 Å². The van der Waals surface area contributed by atoms with Crippen LogP contribution in [0, 0.1) is 17.6 Å². The second-order valence-electron chi connectivity index (χ2n) is 7.37. The van der Waals surface area contributed by atoms with Crippen LogP contribution in [0.1, 0.15) is 31.1 Å². The van der Waals surface area contributed by atoms with Crippen LogP contribution < -0.4 is 10.6 Å². The van der Waals surface area contributed by atoms with Gasteiger partial charge in [0.05, 0.1) is 11.1 Å². The SMILES string of the molecule is CC(C)(C)n1cc(C(=O)NCC2CNC2)c(-c2ccc(F)cc2F)n1. The van der Waals surface area contributed by atoms with Crippen LogP contribution in [0.15, 0.2) is 24.4 Å². The Kier molecular flexibility index (Phi) is 4.60. The lowest BCUT2D eigenvalue weighted by molar-refractivity contribution is 0.0942. The Labute approximate surface area is 145 Å². The maximum absolute atomic E-state index is 14.2. The maximum atomic E-state index is 14.2. The Hall–Kier alpha value is -2.28. The van der Waals surface area contributed by atoms with Gasteiger partial charge < -0.3 is 10.6 Å². The van der Waals surface area contributed by atoms with E-state index in [-0.39, 0.29) is 28.3 Å². The molecule has 1 aromatic carbocycles. The number of amides is 1. The zero-order chi connectivity index (χ0) is 18.2.